The van der Waals surface area contributed by atoms with Gasteiger partial charge in [0.1, 0.15) is 5.82 Å². The van der Waals surface area contributed by atoms with Crippen LogP contribution in [0, 0.1) is 5.82 Å². The van der Waals surface area contributed by atoms with Gasteiger partial charge in [-0.3, -0.25) is 9.59 Å². The van der Waals surface area contributed by atoms with Crippen LogP contribution in [0.5, 0.6) is 0 Å². The number of halogens is 4. The summed E-state index contributed by atoms with van der Waals surface area (Å²) in [7, 11) is 0. The monoisotopic (exact) mass is 414 g/mol. The fourth-order valence-corrected chi connectivity index (χ4v) is 2.87. The third kappa shape index (κ3) is 7.59. The molecule has 0 aliphatic heterocycles. The largest absolute Gasteiger partial charge is 0.416 e. The van der Waals surface area contributed by atoms with Crippen LogP contribution < -0.4 is 10.6 Å². The van der Waals surface area contributed by atoms with E-state index in [1.54, 1.807) is 0 Å². The van der Waals surface area contributed by atoms with Crippen molar-refractivity contribution in [1.82, 2.24) is 5.32 Å². The minimum Gasteiger partial charge on any atom is -0.355 e. The quantitative estimate of drug-likeness (QED) is 0.645. The Morgan fingerprint density at radius 2 is 1.50 bits per heavy atom. The van der Waals surface area contributed by atoms with Crippen molar-refractivity contribution in [2.24, 2.45) is 0 Å². The highest BCUT2D eigenvalue weighted by atomic mass is 32.2. The molecule has 4 nitrogen and oxygen atoms in total. The Kier molecular flexibility index (Phi) is 7.86. The van der Waals surface area contributed by atoms with Crippen molar-refractivity contribution in [3.05, 3.63) is 65.5 Å². The van der Waals surface area contributed by atoms with Gasteiger partial charge in [0, 0.05) is 12.2 Å². The second kappa shape index (κ2) is 10.1. The average molecular weight is 414 g/mol. The number of hydrogen-bond acceptors (Lipinski definition) is 3. The van der Waals surface area contributed by atoms with Crippen molar-refractivity contribution >= 4 is 29.3 Å². The average Bonchev–Trinajstić information content (AvgIpc) is 2.63. The lowest BCUT2D eigenvalue weighted by Gasteiger charge is -2.08. The summed E-state index contributed by atoms with van der Waals surface area (Å²) >= 11 is 1.12. The zero-order valence-electron chi connectivity index (χ0n) is 14.7. The van der Waals surface area contributed by atoms with Crippen LogP contribution in [0.4, 0.5) is 23.2 Å². The maximum Gasteiger partial charge on any atom is 0.416 e. The molecule has 0 atom stereocenters. The summed E-state index contributed by atoms with van der Waals surface area (Å²) in [4.78, 5) is 23.5. The van der Waals surface area contributed by atoms with Gasteiger partial charge in [0.2, 0.25) is 11.8 Å². The van der Waals surface area contributed by atoms with E-state index in [0.29, 0.717) is 17.7 Å². The number of thioether (sulfide) groups is 1. The Hall–Kier alpha value is -2.55. The second-order valence-electron chi connectivity index (χ2n) is 5.84. The number of hydrogen-bond donors (Lipinski definition) is 2. The predicted molar refractivity (Wildman–Crippen MR) is 101 cm³/mol. The smallest absolute Gasteiger partial charge is 0.355 e. The molecule has 0 radical (unpaired) electrons. The molecule has 2 N–H and O–H groups in total. The van der Waals surface area contributed by atoms with Crippen LogP contribution in [0.1, 0.15) is 11.1 Å². The van der Waals surface area contributed by atoms with Crippen molar-refractivity contribution in [1.29, 1.82) is 0 Å². The van der Waals surface area contributed by atoms with E-state index < -0.39 is 17.6 Å². The van der Waals surface area contributed by atoms with Crippen LogP contribution in [0.2, 0.25) is 0 Å². The van der Waals surface area contributed by atoms with E-state index in [2.05, 4.69) is 10.6 Å². The Morgan fingerprint density at radius 1 is 0.893 bits per heavy atom. The first-order valence-electron chi connectivity index (χ1n) is 8.30. The van der Waals surface area contributed by atoms with Gasteiger partial charge in [-0.15, -0.1) is 11.8 Å². The van der Waals surface area contributed by atoms with E-state index in [1.165, 1.54) is 36.4 Å². The number of amides is 2. The number of carbonyl (C=O) groups excluding carboxylic acids is 2. The lowest BCUT2D eigenvalue weighted by Crippen LogP contribution is -2.28. The Morgan fingerprint density at radius 3 is 2.11 bits per heavy atom. The summed E-state index contributed by atoms with van der Waals surface area (Å²) in [6.07, 6.45) is -3.97. The van der Waals surface area contributed by atoms with Crippen LogP contribution in [0.25, 0.3) is 0 Å². The fraction of sp³-hybridized carbons (Fsp3) is 0.263. The highest BCUT2D eigenvalue weighted by Crippen LogP contribution is 2.29. The number of anilines is 1. The summed E-state index contributed by atoms with van der Waals surface area (Å²) in [5.74, 6) is -0.853. The molecule has 0 aliphatic rings. The molecule has 0 aliphatic carbocycles. The number of rotatable bonds is 8. The lowest BCUT2D eigenvalue weighted by atomic mass is 10.1. The molecule has 2 aromatic rings. The van der Waals surface area contributed by atoms with E-state index in [1.807, 2.05) is 0 Å². The molecular weight excluding hydrogens is 396 g/mol. The third-order valence-electron chi connectivity index (χ3n) is 3.61. The van der Waals surface area contributed by atoms with E-state index in [0.717, 1.165) is 23.9 Å². The zero-order chi connectivity index (χ0) is 20.6. The summed E-state index contributed by atoms with van der Waals surface area (Å²) in [5.41, 5.74) is 0.434. The van der Waals surface area contributed by atoms with Crippen LogP contribution in [-0.4, -0.2) is 29.9 Å². The highest BCUT2D eigenvalue weighted by molar-refractivity contribution is 8.00. The minimum atomic E-state index is -4.37. The normalized spacial score (nSPS) is 11.1. The van der Waals surface area contributed by atoms with Gasteiger partial charge in [0.25, 0.3) is 0 Å². The van der Waals surface area contributed by atoms with Gasteiger partial charge in [0.15, 0.2) is 0 Å². The molecule has 2 amide bonds. The minimum absolute atomic E-state index is 0.0592. The van der Waals surface area contributed by atoms with Gasteiger partial charge in [-0.05, 0) is 48.4 Å². The van der Waals surface area contributed by atoms with Crippen LogP contribution >= 0.6 is 11.8 Å². The SMILES string of the molecule is O=C(CSCC(=O)Nc1ccc(F)cc1)NCCc1ccc(C(F)(F)F)cc1. The molecule has 0 unspecified atom stereocenters. The van der Waals surface area contributed by atoms with Gasteiger partial charge in [0.05, 0.1) is 17.1 Å². The van der Waals surface area contributed by atoms with Gasteiger partial charge in [-0.25, -0.2) is 4.39 Å². The van der Waals surface area contributed by atoms with Crippen LogP contribution in [0.3, 0.4) is 0 Å². The molecule has 28 heavy (non-hydrogen) atoms. The molecular formula is C19H18F4N2O2S. The molecule has 0 aromatic heterocycles. The molecule has 2 aromatic carbocycles. The number of benzene rings is 2. The maximum atomic E-state index is 12.8. The Bertz CT molecular complexity index is 793. The molecule has 0 saturated heterocycles. The fourth-order valence-electron chi connectivity index (χ4n) is 2.22. The standard InChI is InChI=1S/C19H18F4N2O2S/c20-15-5-7-16(8-6-15)25-18(27)12-28-11-17(26)24-10-9-13-1-3-14(4-2-13)19(21,22)23/h1-8H,9-12H2,(H,24,26)(H,25,27). The Labute approximate surface area is 163 Å². The van der Waals surface area contributed by atoms with Crippen LogP contribution in [-0.2, 0) is 22.2 Å². The van der Waals surface area contributed by atoms with E-state index in [-0.39, 0.29) is 29.9 Å². The number of alkyl halides is 3. The zero-order valence-corrected chi connectivity index (χ0v) is 15.5. The summed E-state index contributed by atoms with van der Waals surface area (Å²) < 4.78 is 50.2. The predicted octanol–water partition coefficient (Wildman–Crippen LogP) is 3.88. The second-order valence-corrected chi connectivity index (χ2v) is 6.83. The molecule has 0 saturated carbocycles. The van der Waals surface area contributed by atoms with Gasteiger partial charge >= 0.3 is 6.18 Å². The van der Waals surface area contributed by atoms with Gasteiger partial charge in [-0.2, -0.15) is 13.2 Å². The lowest BCUT2D eigenvalue weighted by molar-refractivity contribution is -0.137. The van der Waals surface area contributed by atoms with E-state index in [4.69, 9.17) is 0 Å². The first-order chi connectivity index (χ1) is 13.2. The highest BCUT2D eigenvalue weighted by Gasteiger charge is 2.29. The topological polar surface area (TPSA) is 58.2 Å². The first kappa shape index (κ1) is 21.7. The summed E-state index contributed by atoms with van der Waals surface area (Å²) in [5, 5.41) is 5.23. The first-order valence-corrected chi connectivity index (χ1v) is 9.45. The van der Waals surface area contributed by atoms with Gasteiger partial charge < -0.3 is 10.6 Å². The maximum absolute atomic E-state index is 12.8. The molecule has 0 fully saturated rings. The third-order valence-corrected chi connectivity index (χ3v) is 4.54. The van der Waals surface area contributed by atoms with Crippen molar-refractivity contribution in [3.8, 4) is 0 Å². The Balaban J connectivity index is 1.62. The molecule has 9 heteroatoms. The van der Waals surface area contributed by atoms with Crippen molar-refractivity contribution in [2.45, 2.75) is 12.6 Å². The van der Waals surface area contributed by atoms with Crippen molar-refractivity contribution < 1.29 is 27.2 Å². The molecule has 0 heterocycles. The van der Waals surface area contributed by atoms with Crippen LogP contribution in [0.15, 0.2) is 48.5 Å². The van der Waals surface area contributed by atoms with Gasteiger partial charge in [-0.1, -0.05) is 12.1 Å². The molecule has 150 valence electrons. The molecule has 0 spiro atoms. The summed E-state index contributed by atoms with van der Waals surface area (Å²) in [6.45, 7) is 0.284. The summed E-state index contributed by atoms with van der Waals surface area (Å²) in [6, 6.07) is 10.1. The van der Waals surface area contributed by atoms with Crippen molar-refractivity contribution in [2.75, 3.05) is 23.4 Å². The van der Waals surface area contributed by atoms with Crippen molar-refractivity contribution in [3.63, 3.8) is 0 Å². The molecule has 2 rings (SSSR count). The number of carbonyl (C=O) groups is 2. The number of nitrogens with one attached hydrogen (secondary N) is 2. The van der Waals surface area contributed by atoms with E-state index >= 15 is 0 Å². The van der Waals surface area contributed by atoms with E-state index in [9.17, 15) is 27.2 Å². The molecule has 0 bridgehead atoms.